The van der Waals surface area contributed by atoms with Gasteiger partial charge in [-0.1, -0.05) is 53.2 Å². The van der Waals surface area contributed by atoms with E-state index in [1.165, 1.54) is 5.56 Å². The lowest BCUT2D eigenvalue weighted by atomic mass is 10.0. The molecule has 7 heteroatoms. The second-order valence-corrected chi connectivity index (χ2v) is 7.33. The van der Waals surface area contributed by atoms with Crippen LogP contribution in [-0.4, -0.2) is 47.4 Å². The number of hydrazine groups is 1. The summed E-state index contributed by atoms with van der Waals surface area (Å²) >= 11 is 3.75. The van der Waals surface area contributed by atoms with Crippen LogP contribution in [0.25, 0.3) is 0 Å². The molecule has 4 atom stereocenters. The van der Waals surface area contributed by atoms with Crippen molar-refractivity contribution in [2.24, 2.45) is 0 Å². The lowest BCUT2D eigenvalue weighted by Gasteiger charge is -2.31. The molecule has 0 saturated carbocycles. The zero-order valence-electron chi connectivity index (χ0n) is 13.9. The van der Waals surface area contributed by atoms with Gasteiger partial charge < -0.3 is 10.2 Å². The van der Waals surface area contributed by atoms with Gasteiger partial charge in [-0.2, -0.15) is 0 Å². The Morgan fingerprint density at radius 1 is 1.29 bits per heavy atom. The van der Waals surface area contributed by atoms with Gasteiger partial charge >= 0.3 is 0 Å². The molecule has 1 aromatic rings. The number of amides is 1. The molecule has 2 aliphatic heterocycles. The highest BCUT2D eigenvalue weighted by molar-refractivity contribution is 9.09. The molecule has 24 heavy (non-hydrogen) atoms. The molecule has 4 unspecified atom stereocenters. The van der Waals surface area contributed by atoms with Crippen LogP contribution >= 0.6 is 28.3 Å². The Kier molecular flexibility index (Phi) is 7.50. The Balaban J connectivity index is 0.00000208. The average molecular weight is 418 g/mol. The van der Waals surface area contributed by atoms with Gasteiger partial charge in [-0.15, -0.1) is 12.4 Å². The number of carbonyl (C=O) groups excluding carboxylic acids is 1. The fraction of sp³-hybridized carbons (Fsp3) is 0.588. The van der Waals surface area contributed by atoms with E-state index in [0.29, 0.717) is 6.04 Å². The van der Waals surface area contributed by atoms with Crippen molar-refractivity contribution in [2.45, 2.75) is 42.7 Å². The molecular formula is C17H26BrClN4O. The highest BCUT2D eigenvalue weighted by Gasteiger charge is 2.42. The van der Waals surface area contributed by atoms with Crippen LogP contribution in [-0.2, 0) is 4.79 Å². The Hall–Kier alpha value is -0.660. The van der Waals surface area contributed by atoms with E-state index < -0.39 is 0 Å². The zero-order valence-corrected chi connectivity index (χ0v) is 16.3. The van der Waals surface area contributed by atoms with Crippen molar-refractivity contribution in [3.63, 3.8) is 0 Å². The fourth-order valence-electron chi connectivity index (χ4n) is 3.45. The first-order valence-electron chi connectivity index (χ1n) is 8.43. The monoisotopic (exact) mass is 416 g/mol. The Morgan fingerprint density at radius 2 is 2.04 bits per heavy atom. The SMILES string of the molecule is CCCN(C(=O)C1NNC(c2ccccc2)C1Br)C1CCNC1.Cl. The molecule has 0 spiro atoms. The molecule has 1 amide bonds. The van der Waals surface area contributed by atoms with E-state index in [1.807, 2.05) is 18.2 Å². The summed E-state index contributed by atoms with van der Waals surface area (Å²) < 4.78 is 0. The highest BCUT2D eigenvalue weighted by atomic mass is 79.9. The van der Waals surface area contributed by atoms with E-state index >= 15 is 0 Å². The number of nitrogens with one attached hydrogen (secondary N) is 3. The van der Waals surface area contributed by atoms with Crippen LogP contribution in [0.5, 0.6) is 0 Å². The summed E-state index contributed by atoms with van der Waals surface area (Å²) in [6.45, 7) is 4.85. The largest absolute Gasteiger partial charge is 0.337 e. The van der Waals surface area contributed by atoms with Gasteiger partial charge in [-0.25, -0.2) is 10.9 Å². The van der Waals surface area contributed by atoms with Gasteiger partial charge in [0.25, 0.3) is 0 Å². The summed E-state index contributed by atoms with van der Waals surface area (Å²) in [5, 5.41) is 3.36. The third kappa shape index (κ3) is 4.11. The minimum absolute atomic E-state index is 0. The first-order valence-corrected chi connectivity index (χ1v) is 9.35. The van der Waals surface area contributed by atoms with Crippen molar-refractivity contribution in [3.8, 4) is 0 Å². The van der Waals surface area contributed by atoms with E-state index in [2.05, 4.69) is 56.1 Å². The summed E-state index contributed by atoms with van der Waals surface area (Å²) in [5.41, 5.74) is 7.67. The minimum Gasteiger partial charge on any atom is -0.337 e. The molecule has 3 N–H and O–H groups in total. The standard InChI is InChI=1S/C17H25BrN4O.ClH/c1-2-10-22(13-8-9-19-11-13)17(23)16-14(18)15(20-21-16)12-6-4-3-5-7-12;/h3-7,13-16,19-21H,2,8-11H2,1H3;1H. The van der Waals surface area contributed by atoms with Gasteiger partial charge in [-0.05, 0) is 24.9 Å². The number of hydrogen-bond donors (Lipinski definition) is 3. The molecule has 1 aromatic carbocycles. The number of alkyl halides is 1. The molecule has 5 nitrogen and oxygen atoms in total. The van der Waals surface area contributed by atoms with Crippen LogP contribution in [0.3, 0.4) is 0 Å². The van der Waals surface area contributed by atoms with Gasteiger partial charge in [-0.3, -0.25) is 4.79 Å². The van der Waals surface area contributed by atoms with Gasteiger partial charge in [0.05, 0.1) is 10.9 Å². The molecular weight excluding hydrogens is 392 g/mol. The van der Waals surface area contributed by atoms with Crippen LogP contribution in [0, 0.1) is 0 Å². The number of nitrogens with zero attached hydrogens (tertiary/aromatic N) is 1. The Labute approximate surface area is 158 Å². The Morgan fingerprint density at radius 3 is 2.67 bits per heavy atom. The smallest absolute Gasteiger partial charge is 0.242 e. The minimum atomic E-state index is -0.243. The molecule has 3 rings (SSSR count). The van der Waals surface area contributed by atoms with E-state index in [9.17, 15) is 4.79 Å². The second kappa shape index (κ2) is 9.15. The summed E-state index contributed by atoms with van der Waals surface area (Å²) in [7, 11) is 0. The predicted octanol–water partition coefficient (Wildman–Crippen LogP) is 1.99. The highest BCUT2D eigenvalue weighted by Crippen LogP contribution is 2.30. The third-order valence-corrected chi connectivity index (χ3v) is 5.74. The van der Waals surface area contributed by atoms with E-state index in [-0.39, 0.29) is 35.2 Å². The molecule has 2 saturated heterocycles. The van der Waals surface area contributed by atoms with Gasteiger partial charge in [0.2, 0.25) is 5.91 Å². The number of benzene rings is 1. The summed E-state index contributed by atoms with van der Waals surface area (Å²) in [6.07, 6.45) is 2.03. The van der Waals surface area contributed by atoms with Crippen molar-refractivity contribution in [1.29, 1.82) is 0 Å². The number of rotatable bonds is 5. The lowest BCUT2D eigenvalue weighted by molar-refractivity contribution is -0.135. The third-order valence-electron chi connectivity index (χ3n) is 4.68. The maximum absolute atomic E-state index is 13.1. The molecule has 2 heterocycles. The quantitative estimate of drug-likeness (QED) is 0.641. The lowest BCUT2D eigenvalue weighted by Crippen LogP contribution is -2.52. The number of hydrogen-bond acceptors (Lipinski definition) is 4. The molecule has 0 bridgehead atoms. The van der Waals surface area contributed by atoms with Crippen LogP contribution in [0.1, 0.15) is 31.4 Å². The van der Waals surface area contributed by atoms with Crippen molar-refractivity contribution >= 4 is 34.2 Å². The normalized spacial score (nSPS) is 29.2. The van der Waals surface area contributed by atoms with E-state index in [0.717, 1.165) is 32.5 Å². The average Bonchev–Trinajstić information content (AvgIpc) is 3.22. The summed E-state index contributed by atoms with van der Waals surface area (Å²) in [4.78, 5) is 15.2. The Bertz CT molecular complexity index is 527. The van der Waals surface area contributed by atoms with Gasteiger partial charge in [0.1, 0.15) is 6.04 Å². The van der Waals surface area contributed by atoms with Crippen molar-refractivity contribution in [3.05, 3.63) is 35.9 Å². The maximum atomic E-state index is 13.1. The first kappa shape index (κ1) is 19.7. The molecule has 0 aromatic heterocycles. The van der Waals surface area contributed by atoms with Crippen LogP contribution in [0.15, 0.2) is 30.3 Å². The van der Waals surface area contributed by atoms with Crippen LogP contribution < -0.4 is 16.2 Å². The fourth-order valence-corrected chi connectivity index (χ4v) is 4.25. The van der Waals surface area contributed by atoms with E-state index in [4.69, 9.17) is 0 Å². The van der Waals surface area contributed by atoms with Crippen LogP contribution in [0.2, 0.25) is 0 Å². The zero-order chi connectivity index (χ0) is 16.2. The van der Waals surface area contributed by atoms with Crippen LogP contribution in [0.4, 0.5) is 0 Å². The van der Waals surface area contributed by atoms with Crippen molar-refractivity contribution in [1.82, 2.24) is 21.1 Å². The molecule has 2 aliphatic rings. The molecule has 0 radical (unpaired) electrons. The summed E-state index contributed by atoms with van der Waals surface area (Å²) in [6, 6.07) is 10.4. The number of halogens is 2. The van der Waals surface area contributed by atoms with Gasteiger partial charge in [0.15, 0.2) is 0 Å². The van der Waals surface area contributed by atoms with Gasteiger partial charge in [0, 0.05) is 19.1 Å². The molecule has 0 aliphatic carbocycles. The van der Waals surface area contributed by atoms with Crippen molar-refractivity contribution in [2.75, 3.05) is 19.6 Å². The maximum Gasteiger partial charge on any atom is 0.242 e. The first-order chi connectivity index (χ1) is 11.2. The number of carbonyl (C=O) groups is 1. The van der Waals surface area contributed by atoms with Crippen molar-refractivity contribution < 1.29 is 4.79 Å². The van der Waals surface area contributed by atoms with E-state index in [1.54, 1.807) is 0 Å². The summed E-state index contributed by atoms with van der Waals surface area (Å²) in [5.74, 6) is 0.188. The second-order valence-electron chi connectivity index (χ2n) is 6.28. The topological polar surface area (TPSA) is 56.4 Å². The molecule has 2 fully saturated rings. The molecule has 134 valence electrons. The predicted molar refractivity (Wildman–Crippen MR) is 102 cm³/mol.